The van der Waals surface area contributed by atoms with E-state index in [4.69, 9.17) is 27.9 Å². The van der Waals surface area contributed by atoms with Crippen LogP contribution < -0.4 is 9.64 Å². The van der Waals surface area contributed by atoms with Crippen molar-refractivity contribution >= 4 is 65.6 Å². The Kier molecular flexibility index (Phi) is 7.91. The van der Waals surface area contributed by atoms with Crippen molar-refractivity contribution < 1.29 is 17.9 Å². The maximum atomic E-state index is 13.3. The molecule has 2 aromatic carbocycles. The van der Waals surface area contributed by atoms with Gasteiger partial charge in [0.15, 0.2) is 15.0 Å². The first kappa shape index (κ1) is 25.4. The first-order valence-corrected chi connectivity index (χ1v) is 13.8. The van der Waals surface area contributed by atoms with Crippen molar-refractivity contribution in [3.05, 3.63) is 76.5 Å². The molecule has 0 N–H and O–H groups in total. The van der Waals surface area contributed by atoms with Gasteiger partial charge in [0.25, 0.3) is 0 Å². The molecule has 0 fully saturated rings. The zero-order valence-electron chi connectivity index (χ0n) is 18.6. The Labute approximate surface area is 217 Å². The quantitative estimate of drug-likeness (QED) is 0.262. The largest absolute Gasteiger partial charge is 0.494 e. The van der Waals surface area contributed by atoms with E-state index in [0.29, 0.717) is 31.1 Å². The molecule has 0 unspecified atom stereocenters. The number of aromatic nitrogens is 2. The van der Waals surface area contributed by atoms with Crippen LogP contribution in [0.4, 0.5) is 5.13 Å². The summed E-state index contributed by atoms with van der Waals surface area (Å²) in [5.41, 5.74) is 1.43. The van der Waals surface area contributed by atoms with Gasteiger partial charge in [-0.05, 0) is 60.5 Å². The van der Waals surface area contributed by atoms with E-state index in [1.165, 1.54) is 35.6 Å². The number of sulfone groups is 1. The first-order valence-electron chi connectivity index (χ1n) is 10.6. The van der Waals surface area contributed by atoms with Gasteiger partial charge in [-0.15, -0.1) is 0 Å². The van der Waals surface area contributed by atoms with Crippen molar-refractivity contribution in [1.29, 1.82) is 0 Å². The number of anilines is 1. The standard InChI is InChI=1S/C24H21Cl2N3O4S2/c1-33-20-9-8-19(26)23-22(20)28-24(34-23)29(15-16-10-12-27-13-11-16)21(30)3-2-14-35(31,32)18-6-4-17(25)5-7-18/h4-13H,2-3,14-15H2,1H3. The predicted octanol–water partition coefficient (Wildman–Crippen LogP) is 5.79. The molecule has 0 aliphatic heterocycles. The molecule has 0 saturated heterocycles. The third-order valence-electron chi connectivity index (χ3n) is 5.27. The highest BCUT2D eigenvalue weighted by Gasteiger charge is 2.23. The molecule has 0 aliphatic carbocycles. The molecule has 7 nitrogen and oxygen atoms in total. The number of halogens is 2. The summed E-state index contributed by atoms with van der Waals surface area (Å²) in [4.78, 5) is 23.7. The first-order chi connectivity index (χ1) is 16.8. The maximum absolute atomic E-state index is 13.3. The fourth-order valence-electron chi connectivity index (χ4n) is 3.46. The van der Waals surface area contributed by atoms with Crippen LogP contribution in [-0.2, 0) is 21.2 Å². The molecule has 4 rings (SSSR count). The predicted molar refractivity (Wildman–Crippen MR) is 139 cm³/mol. The number of ether oxygens (including phenoxy) is 1. The number of nitrogens with zero attached hydrogens (tertiary/aromatic N) is 3. The van der Waals surface area contributed by atoms with Crippen LogP contribution in [0.3, 0.4) is 0 Å². The molecule has 2 aromatic heterocycles. The Bertz CT molecular complexity index is 1440. The lowest BCUT2D eigenvalue weighted by molar-refractivity contribution is -0.118. The zero-order chi connectivity index (χ0) is 25.0. The fourth-order valence-corrected chi connectivity index (χ4v) is 6.17. The molecule has 4 aromatic rings. The second-order valence-corrected chi connectivity index (χ2v) is 11.6. The van der Waals surface area contributed by atoms with Crippen molar-refractivity contribution in [2.45, 2.75) is 24.3 Å². The number of benzene rings is 2. The molecule has 11 heteroatoms. The minimum absolute atomic E-state index is 0.0265. The molecule has 0 aliphatic rings. The summed E-state index contributed by atoms with van der Waals surface area (Å²) >= 11 is 13.5. The van der Waals surface area contributed by atoms with Crippen molar-refractivity contribution in [2.75, 3.05) is 17.8 Å². The van der Waals surface area contributed by atoms with Crippen molar-refractivity contribution in [2.24, 2.45) is 0 Å². The Morgan fingerprint density at radius 3 is 2.46 bits per heavy atom. The van der Waals surface area contributed by atoms with Crippen LogP contribution in [0.15, 0.2) is 65.8 Å². The van der Waals surface area contributed by atoms with Gasteiger partial charge in [-0.25, -0.2) is 13.4 Å². The van der Waals surface area contributed by atoms with Gasteiger partial charge in [0.2, 0.25) is 5.91 Å². The van der Waals surface area contributed by atoms with E-state index >= 15 is 0 Å². The van der Waals surface area contributed by atoms with Crippen LogP contribution in [0.1, 0.15) is 18.4 Å². The van der Waals surface area contributed by atoms with E-state index < -0.39 is 9.84 Å². The normalized spacial score (nSPS) is 11.5. The number of carbonyl (C=O) groups excluding carboxylic acids is 1. The van der Waals surface area contributed by atoms with Gasteiger partial charge < -0.3 is 4.74 Å². The summed E-state index contributed by atoms with van der Waals surface area (Å²) in [7, 11) is -2.00. The summed E-state index contributed by atoms with van der Waals surface area (Å²) in [5.74, 6) is 0.141. The number of rotatable bonds is 9. The second-order valence-electron chi connectivity index (χ2n) is 7.64. The van der Waals surface area contributed by atoms with Crippen molar-refractivity contribution in [3.63, 3.8) is 0 Å². The van der Waals surface area contributed by atoms with Crippen molar-refractivity contribution in [3.8, 4) is 5.75 Å². The van der Waals surface area contributed by atoms with Gasteiger partial charge in [0.05, 0.1) is 34.0 Å². The number of carbonyl (C=O) groups is 1. The van der Waals surface area contributed by atoms with Crippen LogP contribution in [0.5, 0.6) is 5.75 Å². The highest BCUT2D eigenvalue weighted by atomic mass is 35.5. The van der Waals surface area contributed by atoms with Gasteiger partial charge in [-0.1, -0.05) is 34.5 Å². The van der Waals surface area contributed by atoms with E-state index in [1.54, 1.807) is 36.5 Å². The topological polar surface area (TPSA) is 89.5 Å². The lowest BCUT2D eigenvalue weighted by atomic mass is 10.2. The number of fused-ring (bicyclic) bond motifs is 1. The van der Waals surface area contributed by atoms with Crippen LogP contribution in [0.25, 0.3) is 10.2 Å². The summed E-state index contributed by atoms with van der Waals surface area (Å²) in [6, 6.07) is 13.1. The SMILES string of the molecule is COc1ccc(Cl)c2sc(N(Cc3ccncc3)C(=O)CCCS(=O)(=O)c3ccc(Cl)cc3)nc12. The molecular formula is C24H21Cl2N3O4S2. The number of hydrogen-bond acceptors (Lipinski definition) is 7. The van der Waals surface area contributed by atoms with Crippen LogP contribution in [-0.4, -0.2) is 37.2 Å². The number of thiazole rings is 1. The van der Waals surface area contributed by atoms with Gasteiger partial charge >= 0.3 is 0 Å². The van der Waals surface area contributed by atoms with E-state index in [9.17, 15) is 13.2 Å². The van der Waals surface area contributed by atoms with E-state index in [0.717, 1.165) is 5.56 Å². The fraction of sp³-hybridized carbons (Fsp3) is 0.208. The molecule has 2 heterocycles. The molecule has 182 valence electrons. The maximum Gasteiger partial charge on any atom is 0.229 e. The third kappa shape index (κ3) is 5.92. The number of amides is 1. The summed E-state index contributed by atoms with van der Waals surface area (Å²) < 4.78 is 31.4. The summed E-state index contributed by atoms with van der Waals surface area (Å²) in [6.07, 6.45) is 3.48. The molecule has 1 amide bonds. The average molecular weight is 550 g/mol. The van der Waals surface area contributed by atoms with Gasteiger partial charge in [0.1, 0.15) is 11.3 Å². The van der Waals surface area contributed by atoms with Crippen LogP contribution in [0.2, 0.25) is 10.0 Å². The third-order valence-corrected chi connectivity index (χ3v) is 8.87. The Balaban J connectivity index is 1.57. The highest BCUT2D eigenvalue weighted by molar-refractivity contribution is 7.91. The number of hydrogen-bond donors (Lipinski definition) is 0. The Morgan fingerprint density at radius 2 is 1.77 bits per heavy atom. The molecule has 0 saturated carbocycles. The summed E-state index contributed by atoms with van der Waals surface area (Å²) in [6.45, 7) is 0.255. The molecule has 0 radical (unpaired) electrons. The van der Waals surface area contributed by atoms with Gasteiger partial charge in [-0.3, -0.25) is 14.7 Å². The molecule has 0 spiro atoms. The second kappa shape index (κ2) is 10.9. The Morgan fingerprint density at radius 1 is 1.06 bits per heavy atom. The minimum atomic E-state index is -3.54. The molecule has 35 heavy (non-hydrogen) atoms. The molecule has 0 atom stereocenters. The minimum Gasteiger partial charge on any atom is -0.494 e. The monoisotopic (exact) mass is 549 g/mol. The number of methoxy groups -OCH3 is 1. The lowest BCUT2D eigenvalue weighted by Crippen LogP contribution is -2.30. The van der Waals surface area contributed by atoms with Crippen molar-refractivity contribution in [1.82, 2.24) is 9.97 Å². The van der Waals surface area contributed by atoms with E-state index in [-0.39, 0.29) is 35.9 Å². The van der Waals surface area contributed by atoms with E-state index in [2.05, 4.69) is 9.97 Å². The van der Waals surface area contributed by atoms with Crippen LogP contribution >= 0.6 is 34.5 Å². The summed E-state index contributed by atoms with van der Waals surface area (Å²) in [5, 5.41) is 1.42. The van der Waals surface area contributed by atoms with Gasteiger partial charge in [0, 0.05) is 23.8 Å². The van der Waals surface area contributed by atoms with Crippen LogP contribution in [0, 0.1) is 0 Å². The van der Waals surface area contributed by atoms with Gasteiger partial charge in [-0.2, -0.15) is 0 Å². The molecule has 0 bridgehead atoms. The highest BCUT2D eigenvalue weighted by Crippen LogP contribution is 2.39. The average Bonchev–Trinajstić information content (AvgIpc) is 3.30. The zero-order valence-corrected chi connectivity index (χ0v) is 21.8. The van der Waals surface area contributed by atoms with E-state index in [1.807, 2.05) is 12.1 Å². The lowest BCUT2D eigenvalue weighted by Gasteiger charge is -2.20. The smallest absolute Gasteiger partial charge is 0.229 e. The molecular weight excluding hydrogens is 529 g/mol. The Hall–Kier alpha value is -2.72. The number of pyridine rings is 1.